The first kappa shape index (κ1) is 17.1. The molecular formula is C19H15ClN4O3. The normalized spacial score (nSPS) is 16.1. The van der Waals surface area contributed by atoms with Gasteiger partial charge in [0.15, 0.2) is 11.3 Å². The van der Waals surface area contributed by atoms with Gasteiger partial charge in [0.25, 0.3) is 5.91 Å². The minimum absolute atomic E-state index is 0.229. The summed E-state index contributed by atoms with van der Waals surface area (Å²) in [5.41, 5.74) is 2.36. The molecule has 8 heteroatoms. The summed E-state index contributed by atoms with van der Waals surface area (Å²) in [6.07, 6.45) is 4.25. The van der Waals surface area contributed by atoms with Gasteiger partial charge < -0.3 is 15.4 Å². The number of fused-ring (bicyclic) bond motifs is 2. The van der Waals surface area contributed by atoms with Gasteiger partial charge in [0.1, 0.15) is 11.4 Å². The molecule has 1 atom stereocenters. The molecule has 1 aromatic carbocycles. The number of ether oxygens (including phenoxy) is 1. The first-order chi connectivity index (χ1) is 13.0. The van der Waals surface area contributed by atoms with Gasteiger partial charge in [-0.2, -0.15) is 0 Å². The quantitative estimate of drug-likeness (QED) is 0.680. The van der Waals surface area contributed by atoms with Gasteiger partial charge in [0, 0.05) is 18.0 Å². The van der Waals surface area contributed by atoms with Crippen LogP contribution in [0.15, 0.2) is 48.7 Å². The Morgan fingerprint density at radius 1 is 1.37 bits per heavy atom. The first-order valence-corrected chi connectivity index (χ1v) is 8.62. The van der Waals surface area contributed by atoms with Crippen LogP contribution in [0.1, 0.15) is 12.6 Å². The first-order valence-electron chi connectivity index (χ1n) is 8.24. The number of carbonyl (C=O) groups excluding carboxylic acids is 2. The molecule has 2 amide bonds. The predicted molar refractivity (Wildman–Crippen MR) is 103 cm³/mol. The van der Waals surface area contributed by atoms with E-state index in [0.717, 1.165) is 0 Å². The number of imidazole rings is 1. The average Bonchev–Trinajstić information content (AvgIpc) is 2.96. The monoisotopic (exact) mass is 382 g/mol. The van der Waals surface area contributed by atoms with E-state index in [1.807, 2.05) is 24.4 Å². The lowest BCUT2D eigenvalue weighted by molar-refractivity contribution is -0.122. The van der Waals surface area contributed by atoms with E-state index in [4.69, 9.17) is 16.3 Å². The van der Waals surface area contributed by atoms with Gasteiger partial charge in [0.05, 0.1) is 11.4 Å². The third-order valence-corrected chi connectivity index (χ3v) is 4.37. The van der Waals surface area contributed by atoms with E-state index in [2.05, 4.69) is 15.6 Å². The van der Waals surface area contributed by atoms with Crippen molar-refractivity contribution in [3.8, 4) is 5.75 Å². The van der Waals surface area contributed by atoms with E-state index >= 15 is 0 Å². The number of halogens is 1. The van der Waals surface area contributed by atoms with Crippen molar-refractivity contribution in [1.29, 1.82) is 0 Å². The van der Waals surface area contributed by atoms with Crippen molar-refractivity contribution in [2.24, 2.45) is 0 Å². The van der Waals surface area contributed by atoms with Crippen molar-refractivity contribution < 1.29 is 14.3 Å². The Hall–Kier alpha value is -3.32. The molecule has 0 radical (unpaired) electrons. The third kappa shape index (κ3) is 3.37. The Morgan fingerprint density at radius 2 is 2.22 bits per heavy atom. The molecule has 0 spiro atoms. The van der Waals surface area contributed by atoms with E-state index in [-0.39, 0.29) is 11.8 Å². The zero-order chi connectivity index (χ0) is 19.0. The molecule has 0 bridgehead atoms. The fraction of sp³-hybridized carbons (Fsp3) is 0.105. The van der Waals surface area contributed by atoms with Gasteiger partial charge in [-0.25, -0.2) is 4.98 Å². The summed E-state index contributed by atoms with van der Waals surface area (Å²) in [6, 6.07) is 10.6. The van der Waals surface area contributed by atoms with Crippen LogP contribution in [0.5, 0.6) is 5.75 Å². The van der Waals surface area contributed by atoms with E-state index in [1.165, 1.54) is 6.08 Å². The Kier molecular flexibility index (Phi) is 4.29. The standard InChI is InChI=1S/C19H15ClN4O3/c1-11-19(26)22-13-10-12(5-7-15(13)27-11)21-17(25)8-6-14-18(20)23-16-4-2-3-9-24(14)16/h2-11H,1H3,(H,21,25)(H,22,26)/b8-6+. The highest BCUT2D eigenvalue weighted by Gasteiger charge is 2.23. The average molecular weight is 383 g/mol. The molecule has 136 valence electrons. The molecule has 7 nitrogen and oxygen atoms in total. The van der Waals surface area contributed by atoms with E-state index < -0.39 is 6.10 Å². The Morgan fingerprint density at radius 3 is 3.07 bits per heavy atom. The van der Waals surface area contributed by atoms with Crippen molar-refractivity contribution in [3.63, 3.8) is 0 Å². The number of nitrogens with zero attached hydrogens (tertiary/aromatic N) is 2. The zero-order valence-corrected chi connectivity index (χ0v) is 15.0. The van der Waals surface area contributed by atoms with Crippen LogP contribution in [0.3, 0.4) is 0 Å². The van der Waals surface area contributed by atoms with Crippen molar-refractivity contribution in [2.75, 3.05) is 10.6 Å². The van der Waals surface area contributed by atoms with E-state index in [0.29, 0.717) is 33.6 Å². The number of amides is 2. The molecule has 0 saturated carbocycles. The van der Waals surface area contributed by atoms with Gasteiger partial charge in [-0.05, 0) is 43.3 Å². The van der Waals surface area contributed by atoms with Crippen LogP contribution in [0.4, 0.5) is 11.4 Å². The molecule has 3 aromatic rings. The van der Waals surface area contributed by atoms with Crippen LogP contribution >= 0.6 is 11.6 Å². The molecule has 0 aliphatic carbocycles. The fourth-order valence-corrected chi connectivity index (χ4v) is 3.00. The predicted octanol–water partition coefficient (Wildman–Crippen LogP) is 3.36. The summed E-state index contributed by atoms with van der Waals surface area (Å²) < 4.78 is 7.28. The second-order valence-corrected chi connectivity index (χ2v) is 6.36. The molecule has 0 saturated heterocycles. The van der Waals surface area contributed by atoms with Crippen molar-refractivity contribution in [3.05, 3.63) is 59.5 Å². The molecule has 1 unspecified atom stereocenters. The largest absolute Gasteiger partial charge is 0.479 e. The van der Waals surface area contributed by atoms with Crippen LogP contribution in [0.2, 0.25) is 5.15 Å². The van der Waals surface area contributed by atoms with Gasteiger partial charge >= 0.3 is 0 Å². The minimum Gasteiger partial charge on any atom is -0.479 e. The number of hydrogen-bond donors (Lipinski definition) is 2. The highest BCUT2D eigenvalue weighted by Crippen LogP contribution is 2.32. The van der Waals surface area contributed by atoms with Crippen LogP contribution < -0.4 is 15.4 Å². The smallest absolute Gasteiger partial charge is 0.265 e. The molecule has 1 aliphatic rings. The minimum atomic E-state index is -0.545. The Labute approximate surface area is 159 Å². The summed E-state index contributed by atoms with van der Waals surface area (Å²) >= 11 is 6.15. The molecule has 27 heavy (non-hydrogen) atoms. The van der Waals surface area contributed by atoms with Crippen LogP contribution in [0.25, 0.3) is 11.7 Å². The van der Waals surface area contributed by atoms with Crippen LogP contribution in [-0.2, 0) is 9.59 Å². The number of benzene rings is 1. The SMILES string of the molecule is CC1Oc2ccc(NC(=O)/C=C/c3c(Cl)nc4ccccn34)cc2NC1=O. The highest BCUT2D eigenvalue weighted by atomic mass is 35.5. The molecule has 3 heterocycles. The number of aromatic nitrogens is 2. The lowest BCUT2D eigenvalue weighted by Crippen LogP contribution is -2.34. The molecule has 1 aliphatic heterocycles. The van der Waals surface area contributed by atoms with Crippen molar-refractivity contribution >= 4 is 46.5 Å². The second kappa shape index (κ2) is 6.77. The summed E-state index contributed by atoms with van der Waals surface area (Å²) in [4.78, 5) is 28.2. The molecule has 2 N–H and O–H groups in total. The molecule has 4 rings (SSSR count). The number of carbonyl (C=O) groups is 2. The lowest BCUT2D eigenvalue weighted by atomic mass is 10.2. The van der Waals surface area contributed by atoms with E-state index in [9.17, 15) is 9.59 Å². The van der Waals surface area contributed by atoms with Gasteiger partial charge in [0.2, 0.25) is 5.91 Å². The van der Waals surface area contributed by atoms with Crippen LogP contribution in [-0.4, -0.2) is 27.3 Å². The Bertz CT molecular complexity index is 1090. The van der Waals surface area contributed by atoms with Gasteiger partial charge in [-0.3, -0.25) is 14.0 Å². The molecule has 2 aromatic heterocycles. The summed E-state index contributed by atoms with van der Waals surface area (Å²) in [5, 5.41) is 5.80. The zero-order valence-electron chi connectivity index (χ0n) is 14.3. The maximum atomic E-state index is 12.3. The number of pyridine rings is 1. The second-order valence-electron chi connectivity index (χ2n) is 6.00. The van der Waals surface area contributed by atoms with Crippen molar-refractivity contribution in [1.82, 2.24) is 9.38 Å². The number of anilines is 2. The van der Waals surface area contributed by atoms with E-state index in [1.54, 1.807) is 35.6 Å². The third-order valence-electron chi connectivity index (χ3n) is 4.09. The van der Waals surface area contributed by atoms with Gasteiger partial charge in [-0.1, -0.05) is 17.7 Å². The van der Waals surface area contributed by atoms with Crippen molar-refractivity contribution in [2.45, 2.75) is 13.0 Å². The maximum Gasteiger partial charge on any atom is 0.265 e. The maximum absolute atomic E-state index is 12.3. The number of rotatable bonds is 3. The summed E-state index contributed by atoms with van der Waals surface area (Å²) in [6.45, 7) is 1.67. The summed E-state index contributed by atoms with van der Waals surface area (Å²) in [7, 11) is 0. The topological polar surface area (TPSA) is 84.7 Å². The lowest BCUT2D eigenvalue weighted by Gasteiger charge is -2.23. The Balaban J connectivity index is 1.51. The molecular weight excluding hydrogens is 368 g/mol. The van der Waals surface area contributed by atoms with Crippen LogP contribution in [0, 0.1) is 0 Å². The fourth-order valence-electron chi connectivity index (χ4n) is 2.76. The molecule has 0 fully saturated rings. The highest BCUT2D eigenvalue weighted by molar-refractivity contribution is 6.31. The van der Waals surface area contributed by atoms with Gasteiger partial charge in [-0.15, -0.1) is 0 Å². The summed E-state index contributed by atoms with van der Waals surface area (Å²) in [5.74, 6) is -0.00500. The number of hydrogen-bond acceptors (Lipinski definition) is 4. The number of nitrogens with one attached hydrogen (secondary N) is 2.